The van der Waals surface area contributed by atoms with Crippen molar-refractivity contribution in [1.29, 1.82) is 0 Å². The number of rotatable bonds is 6. The van der Waals surface area contributed by atoms with E-state index in [-0.39, 0.29) is 24.5 Å². The Kier molecular flexibility index (Phi) is 7.24. The highest BCUT2D eigenvalue weighted by atomic mass is 16.7. The van der Waals surface area contributed by atoms with Crippen molar-refractivity contribution < 1.29 is 34.3 Å². The van der Waals surface area contributed by atoms with Gasteiger partial charge in [0.2, 0.25) is 6.29 Å². The minimum atomic E-state index is -1.35. The molecule has 0 radical (unpaired) electrons. The number of aliphatic hydroxyl groups excluding tert-OH is 2. The molecule has 0 spiro atoms. The van der Waals surface area contributed by atoms with Crippen molar-refractivity contribution in [3.63, 3.8) is 0 Å². The fourth-order valence-electron chi connectivity index (χ4n) is 5.44. The molecular weight excluding hydrogens is 414 g/mol. The van der Waals surface area contributed by atoms with Gasteiger partial charge >= 0.3 is 5.97 Å². The number of fused-ring (bicyclic) bond motifs is 2. The molecule has 8 nitrogen and oxygen atoms in total. The standard InChI is InChI=1S/C24H35NO7/c1-3-9-25-10-5-6-15-11-16-14(12-17(15)25)7-8-18(26)22(16)32-24-21(28)19(27)13-20(31-24)23(29)30-4-2/h7-8,15,17,19-21,24,26-28H,3-6,9-13H2,1-2H3/t15-,17-,19+,20+,21-,24+/m1/s1. The summed E-state index contributed by atoms with van der Waals surface area (Å²) < 4.78 is 16.6. The highest BCUT2D eigenvalue weighted by Gasteiger charge is 2.43. The van der Waals surface area contributed by atoms with Crippen LogP contribution < -0.4 is 4.74 Å². The lowest BCUT2D eigenvalue weighted by Gasteiger charge is -2.45. The lowest BCUT2D eigenvalue weighted by Crippen LogP contribution is -2.53. The van der Waals surface area contributed by atoms with Crippen LogP contribution in [0, 0.1) is 5.92 Å². The molecule has 1 aromatic rings. The van der Waals surface area contributed by atoms with Crippen molar-refractivity contribution in [3.8, 4) is 11.5 Å². The zero-order valence-electron chi connectivity index (χ0n) is 18.9. The number of hydrogen-bond acceptors (Lipinski definition) is 8. The van der Waals surface area contributed by atoms with Crippen LogP contribution in [0.1, 0.15) is 50.7 Å². The third-order valence-electron chi connectivity index (χ3n) is 6.99. The molecule has 2 aliphatic heterocycles. The summed E-state index contributed by atoms with van der Waals surface area (Å²) in [7, 11) is 0. The molecule has 0 aromatic heterocycles. The first-order valence-electron chi connectivity index (χ1n) is 11.9. The molecule has 0 unspecified atom stereocenters. The van der Waals surface area contributed by atoms with Gasteiger partial charge in [0.1, 0.15) is 6.10 Å². The Labute approximate surface area is 189 Å². The molecule has 0 amide bonds. The molecule has 1 aromatic carbocycles. The van der Waals surface area contributed by atoms with E-state index in [9.17, 15) is 20.1 Å². The van der Waals surface area contributed by atoms with Crippen LogP contribution in [-0.4, -0.2) is 76.5 Å². The summed E-state index contributed by atoms with van der Waals surface area (Å²) in [5, 5.41) is 31.3. The van der Waals surface area contributed by atoms with E-state index in [0.29, 0.717) is 12.0 Å². The van der Waals surface area contributed by atoms with Crippen molar-refractivity contribution in [2.24, 2.45) is 5.92 Å². The first-order chi connectivity index (χ1) is 15.4. The summed E-state index contributed by atoms with van der Waals surface area (Å²) in [4.78, 5) is 14.7. The first kappa shape index (κ1) is 23.3. The maximum absolute atomic E-state index is 12.1. The van der Waals surface area contributed by atoms with Gasteiger partial charge in [-0.25, -0.2) is 4.79 Å². The minimum Gasteiger partial charge on any atom is -0.504 e. The van der Waals surface area contributed by atoms with Crippen molar-refractivity contribution in [3.05, 3.63) is 23.3 Å². The van der Waals surface area contributed by atoms with Crippen LogP contribution in [0.5, 0.6) is 11.5 Å². The Balaban J connectivity index is 1.57. The number of piperidine rings is 1. The highest BCUT2D eigenvalue weighted by Crippen LogP contribution is 2.43. The summed E-state index contributed by atoms with van der Waals surface area (Å²) in [6.07, 6.45) is 0.134. The molecule has 2 saturated heterocycles. The van der Waals surface area contributed by atoms with E-state index in [1.807, 2.05) is 6.07 Å². The number of ether oxygens (including phenoxy) is 3. The van der Waals surface area contributed by atoms with Crippen molar-refractivity contribution in [2.45, 2.75) is 83.0 Å². The number of benzene rings is 1. The number of aromatic hydroxyl groups is 1. The van der Waals surface area contributed by atoms with Crippen LogP contribution in [0.25, 0.3) is 0 Å². The fourth-order valence-corrected chi connectivity index (χ4v) is 5.44. The Morgan fingerprint density at radius 2 is 2.06 bits per heavy atom. The number of phenols is 1. The number of hydrogen-bond donors (Lipinski definition) is 3. The normalized spacial score (nSPS) is 32.6. The van der Waals surface area contributed by atoms with Crippen LogP contribution in [0.15, 0.2) is 12.1 Å². The van der Waals surface area contributed by atoms with Gasteiger partial charge in [0.15, 0.2) is 17.6 Å². The van der Waals surface area contributed by atoms with Crippen LogP contribution >= 0.6 is 0 Å². The van der Waals surface area contributed by atoms with Crippen molar-refractivity contribution in [1.82, 2.24) is 4.90 Å². The molecule has 178 valence electrons. The van der Waals surface area contributed by atoms with Gasteiger partial charge in [-0.15, -0.1) is 0 Å². The zero-order valence-corrected chi connectivity index (χ0v) is 18.9. The SMILES string of the molecule is CCCN1CCC[C@@H]2Cc3c(ccc(O)c3O[C@@H]3O[C@H](C(=O)OCC)C[C@H](O)[C@H]3O)C[C@H]21. The zero-order chi connectivity index (χ0) is 22.8. The second-order valence-electron chi connectivity index (χ2n) is 9.12. The Hall–Kier alpha value is -1.87. The van der Waals surface area contributed by atoms with Gasteiger partial charge in [0.25, 0.3) is 0 Å². The van der Waals surface area contributed by atoms with E-state index in [2.05, 4.69) is 11.8 Å². The highest BCUT2D eigenvalue weighted by molar-refractivity contribution is 5.74. The molecule has 32 heavy (non-hydrogen) atoms. The van der Waals surface area contributed by atoms with Gasteiger partial charge in [-0.2, -0.15) is 0 Å². The molecule has 0 bridgehead atoms. The fraction of sp³-hybridized carbons (Fsp3) is 0.708. The van der Waals surface area contributed by atoms with Gasteiger partial charge in [0.05, 0.1) is 12.7 Å². The summed E-state index contributed by atoms with van der Waals surface area (Å²) in [5.41, 5.74) is 2.04. The number of likely N-dealkylation sites (tertiary alicyclic amines) is 1. The Bertz CT molecular complexity index is 814. The van der Waals surface area contributed by atoms with Crippen LogP contribution in [0.4, 0.5) is 0 Å². The van der Waals surface area contributed by atoms with E-state index < -0.39 is 30.6 Å². The topological polar surface area (TPSA) is 109 Å². The number of esters is 1. The summed E-state index contributed by atoms with van der Waals surface area (Å²) >= 11 is 0. The van der Waals surface area contributed by atoms with Gasteiger partial charge in [-0.1, -0.05) is 13.0 Å². The average molecular weight is 450 g/mol. The molecule has 2 heterocycles. The van der Waals surface area contributed by atoms with Crippen molar-refractivity contribution in [2.75, 3.05) is 19.7 Å². The molecule has 0 saturated carbocycles. The minimum absolute atomic E-state index is 0.0352. The van der Waals surface area contributed by atoms with E-state index in [1.165, 1.54) is 0 Å². The third kappa shape index (κ3) is 4.59. The number of carbonyl (C=O) groups excluding carboxylic acids is 1. The average Bonchev–Trinajstić information content (AvgIpc) is 2.78. The summed E-state index contributed by atoms with van der Waals surface area (Å²) in [6, 6.07) is 4.04. The Morgan fingerprint density at radius 3 is 2.81 bits per heavy atom. The number of carbonyl (C=O) groups is 1. The van der Waals surface area contributed by atoms with E-state index in [1.54, 1.807) is 13.0 Å². The molecule has 3 aliphatic rings. The molecule has 6 atom stereocenters. The van der Waals surface area contributed by atoms with Gasteiger partial charge < -0.3 is 29.5 Å². The second kappa shape index (κ2) is 9.95. The summed E-state index contributed by atoms with van der Waals surface area (Å²) in [5.74, 6) is 0.107. The van der Waals surface area contributed by atoms with Gasteiger partial charge in [-0.3, -0.25) is 4.90 Å². The quantitative estimate of drug-likeness (QED) is 0.564. The smallest absolute Gasteiger partial charge is 0.335 e. The van der Waals surface area contributed by atoms with E-state index >= 15 is 0 Å². The molecule has 2 fully saturated rings. The van der Waals surface area contributed by atoms with Crippen molar-refractivity contribution >= 4 is 5.97 Å². The molecular formula is C24H35NO7. The predicted molar refractivity (Wildman–Crippen MR) is 116 cm³/mol. The lowest BCUT2D eigenvalue weighted by atomic mass is 9.75. The van der Waals surface area contributed by atoms with Gasteiger partial charge in [-0.05, 0) is 69.7 Å². The maximum atomic E-state index is 12.1. The van der Waals surface area contributed by atoms with Crippen LogP contribution in [0.3, 0.4) is 0 Å². The van der Waals surface area contributed by atoms with Crippen LogP contribution in [0.2, 0.25) is 0 Å². The van der Waals surface area contributed by atoms with Gasteiger partial charge in [0, 0.05) is 18.0 Å². The maximum Gasteiger partial charge on any atom is 0.335 e. The van der Waals surface area contributed by atoms with Crippen LogP contribution in [-0.2, 0) is 27.1 Å². The largest absolute Gasteiger partial charge is 0.504 e. The lowest BCUT2D eigenvalue weighted by molar-refractivity contribution is -0.240. The Morgan fingerprint density at radius 1 is 1.25 bits per heavy atom. The van der Waals surface area contributed by atoms with E-state index in [0.717, 1.165) is 56.3 Å². The number of phenolic OH excluding ortho intramolecular Hbond substituents is 1. The molecule has 1 aliphatic carbocycles. The van der Waals surface area contributed by atoms with E-state index in [4.69, 9.17) is 14.2 Å². The third-order valence-corrected chi connectivity index (χ3v) is 6.99. The molecule has 8 heteroatoms. The predicted octanol–water partition coefficient (Wildman–Crippen LogP) is 1.76. The molecule has 4 rings (SSSR count). The molecule has 3 N–H and O–H groups in total. The first-order valence-corrected chi connectivity index (χ1v) is 11.9. The second-order valence-corrected chi connectivity index (χ2v) is 9.12. The monoisotopic (exact) mass is 449 g/mol. The number of aliphatic hydroxyl groups is 2. The number of nitrogens with zero attached hydrogens (tertiary/aromatic N) is 1. The summed E-state index contributed by atoms with van der Waals surface area (Å²) in [6.45, 7) is 6.30.